The molecule has 0 aliphatic heterocycles. The molecule has 0 saturated carbocycles. The van der Waals surface area contributed by atoms with E-state index in [1.807, 2.05) is 6.08 Å². The molecule has 2 unspecified atom stereocenters. The van der Waals surface area contributed by atoms with Gasteiger partial charge in [0.05, 0.1) is 25.4 Å². The third-order valence-electron chi connectivity index (χ3n) is 15.1. The van der Waals surface area contributed by atoms with Gasteiger partial charge in [-0.25, -0.2) is 0 Å². The van der Waals surface area contributed by atoms with E-state index < -0.39 is 12.1 Å². The Kier molecular flexibility index (Phi) is 59.0. The highest BCUT2D eigenvalue weighted by Gasteiger charge is 2.18. The van der Waals surface area contributed by atoms with E-state index in [4.69, 9.17) is 4.74 Å². The Balaban J connectivity index is 3.36. The van der Waals surface area contributed by atoms with Crippen LogP contribution in [0.15, 0.2) is 12.2 Å². The van der Waals surface area contributed by atoms with E-state index in [0.717, 1.165) is 38.5 Å². The van der Waals surface area contributed by atoms with Gasteiger partial charge in [0.1, 0.15) is 0 Å². The monoisotopic (exact) mass is 988 g/mol. The first-order chi connectivity index (χ1) is 34.5. The molecular weight excluding hydrogens is 863 g/mol. The summed E-state index contributed by atoms with van der Waals surface area (Å²) in [6.07, 6.45) is 72.6. The van der Waals surface area contributed by atoms with Gasteiger partial charge in [0, 0.05) is 12.8 Å². The van der Waals surface area contributed by atoms with Crippen LogP contribution < -0.4 is 5.32 Å². The summed E-state index contributed by atoms with van der Waals surface area (Å²) in [5.74, 6) is -0.0487. The molecule has 0 bridgehead atoms. The molecule has 2 atom stereocenters. The van der Waals surface area contributed by atoms with Crippen molar-refractivity contribution in [2.24, 2.45) is 0 Å². The summed E-state index contributed by atoms with van der Waals surface area (Å²) in [4.78, 5) is 24.5. The average Bonchev–Trinajstić information content (AvgIpc) is 3.36. The maximum Gasteiger partial charge on any atom is 0.305 e. The van der Waals surface area contributed by atoms with Gasteiger partial charge in [-0.2, -0.15) is 0 Å². The Labute approximate surface area is 438 Å². The Hall–Kier alpha value is -1.40. The highest BCUT2D eigenvalue weighted by Crippen LogP contribution is 2.18. The summed E-state index contributed by atoms with van der Waals surface area (Å²) in [6.45, 7) is 4.93. The summed E-state index contributed by atoms with van der Waals surface area (Å²) in [6, 6.07) is -0.627. The Morgan fingerprint density at radius 2 is 0.657 bits per heavy atom. The van der Waals surface area contributed by atoms with Crippen LogP contribution in [0.4, 0.5) is 0 Å². The van der Waals surface area contributed by atoms with Crippen LogP contribution in [0.5, 0.6) is 0 Å². The van der Waals surface area contributed by atoms with Gasteiger partial charge in [-0.1, -0.05) is 328 Å². The predicted octanol–water partition coefficient (Wildman–Crippen LogP) is 20.0. The number of rotatable bonds is 60. The standard InChI is InChI=1S/C64H125NO5/c1-3-5-7-9-11-13-15-17-19-26-30-34-38-42-46-50-54-58-64(69)70-59-55-51-47-43-39-35-31-28-25-23-21-20-22-24-27-29-33-37-41-45-49-53-57-63(68)65-61(60-66)62(67)56-52-48-44-40-36-32-18-16-14-12-10-8-6-4-2/h52,56,61-62,66-67H,3-51,53-55,57-60H2,1-2H3,(H,65,68)/b56-52+. The lowest BCUT2D eigenvalue weighted by atomic mass is 10.0. The third-order valence-corrected chi connectivity index (χ3v) is 15.1. The molecule has 1 amide bonds. The molecule has 6 nitrogen and oxygen atoms in total. The number of carbonyl (C=O) groups excluding carboxylic acids is 2. The second kappa shape index (κ2) is 60.2. The van der Waals surface area contributed by atoms with Gasteiger partial charge < -0.3 is 20.3 Å². The van der Waals surface area contributed by atoms with Crippen LogP contribution in [0.1, 0.15) is 361 Å². The zero-order valence-electron chi connectivity index (χ0n) is 47.5. The topological polar surface area (TPSA) is 95.9 Å². The van der Waals surface area contributed by atoms with Crippen molar-refractivity contribution in [2.75, 3.05) is 13.2 Å². The molecule has 0 spiro atoms. The minimum atomic E-state index is -0.843. The summed E-state index contributed by atoms with van der Waals surface area (Å²) in [5.41, 5.74) is 0. The van der Waals surface area contributed by atoms with Gasteiger partial charge in [0.15, 0.2) is 0 Å². The molecule has 0 aliphatic rings. The fourth-order valence-corrected chi connectivity index (χ4v) is 10.2. The fourth-order valence-electron chi connectivity index (χ4n) is 10.2. The van der Waals surface area contributed by atoms with Crippen LogP contribution in [0.2, 0.25) is 0 Å². The number of carbonyl (C=O) groups is 2. The first-order valence-electron chi connectivity index (χ1n) is 32.0. The van der Waals surface area contributed by atoms with E-state index >= 15 is 0 Å². The molecule has 6 heteroatoms. The molecule has 70 heavy (non-hydrogen) atoms. The second-order valence-corrected chi connectivity index (χ2v) is 22.1. The molecule has 0 radical (unpaired) electrons. The normalized spacial score (nSPS) is 12.6. The Morgan fingerprint density at radius 1 is 0.386 bits per heavy atom. The number of allylic oxidation sites excluding steroid dienone is 1. The van der Waals surface area contributed by atoms with Crippen molar-refractivity contribution in [1.29, 1.82) is 0 Å². The predicted molar refractivity (Wildman–Crippen MR) is 306 cm³/mol. The number of hydrogen-bond donors (Lipinski definition) is 3. The van der Waals surface area contributed by atoms with E-state index in [1.165, 1.54) is 295 Å². The Bertz CT molecular complexity index is 1050. The van der Waals surface area contributed by atoms with Gasteiger partial charge in [-0.3, -0.25) is 9.59 Å². The lowest BCUT2D eigenvalue weighted by Gasteiger charge is -2.20. The minimum Gasteiger partial charge on any atom is -0.466 e. The van der Waals surface area contributed by atoms with E-state index in [9.17, 15) is 19.8 Å². The zero-order valence-corrected chi connectivity index (χ0v) is 47.5. The van der Waals surface area contributed by atoms with Crippen molar-refractivity contribution in [3.8, 4) is 0 Å². The van der Waals surface area contributed by atoms with Crippen molar-refractivity contribution in [3.63, 3.8) is 0 Å². The summed E-state index contributed by atoms with van der Waals surface area (Å²) in [7, 11) is 0. The van der Waals surface area contributed by atoms with Crippen molar-refractivity contribution in [3.05, 3.63) is 12.2 Å². The molecule has 0 fully saturated rings. The maximum atomic E-state index is 12.5. The number of hydrogen-bond acceptors (Lipinski definition) is 5. The zero-order chi connectivity index (χ0) is 50.7. The number of esters is 1. The SMILES string of the molecule is CCCCCCCCCCCCCC/C=C/C(O)C(CO)NC(=O)CCCCCCCCCCCCCCCCCCCCCCCCOC(=O)CCCCCCCCCCCCCCCCCCC. The number of aliphatic hydroxyl groups is 2. The van der Waals surface area contributed by atoms with Gasteiger partial charge in [-0.05, 0) is 32.1 Å². The maximum absolute atomic E-state index is 12.5. The van der Waals surface area contributed by atoms with Gasteiger partial charge in [0.25, 0.3) is 0 Å². The molecule has 0 aromatic heterocycles. The lowest BCUT2D eigenvalue weighted by Crippen LogP contribution is -2.45. The third kappa shape index (κ3) is 55.9. The smallest absolute Gasteiger partial charge is 0.305 e. The van der Waals surface area contributed by atoms with Gasteiger partial charge >= 0.3 is 5.97 Å². The number of unbranched alkanes of at least 4 members (excludes halogenated alkanes) is 49. The van der Waals surface area contributed by atoms with E-state index in [1.54, 1.807) is 6.08 Å². The highest BCUT2D eigenvalue weighted by atomic mass is 16.5. The van der Waals surface area contributed by atoms with Crippen molar-refractivity contribution in [2.45, 2.75) is 373 Å². The average molecular weight is 989 g/mol. The number of amides is 1. The molecular formula is C64H125NO5. The van der Waals surface area contributed by atoms with E-state index in [-0.39, 0.29) is 18.5 Å². The van der Waals surface area contributed by atoms with Crippen LogP contribution >= 0.6 is 0 Å². The number of nitrogens with one attached hydrogen (secondary N) is 1. The highest BCUT2D eigenvalue weighted by molar-refractivity contribution is 5.76. The van der Waals surface area contributed by atoms with Crippen LogP contribution in [-0.2, 0) is 14.3 Å². The molecule has 416 valence electrons. The molecule has 0 saturated heterocycles. The van der Waals surface area contributed by atoms with E-state index in [2.05, 4.69) is 19.2 Å². The molecule has 0 aromatic rings. The first kappa shape index (κ1) is 68.6. The van der Waals surface area contributed by atoms with Crippen molar-refractivity contribution < 1.29 is 24.5 Å². The molecule has 0 rings (SSSR count). The number of ether oxygens (including phenoxy) is 1. The fraction of sp³-hybridized carbons (Fsp3) is 0.938. The second-order valence-electron chi connectivity index (χ2n) is 22.1. The van der Waals surface area contributed by atoms with E-state index in [0.29, 0.717) is 19.4 Å². The molecule has 0 aliphatic carbocycles. The molecule has 0 heterocycles. The molecule has 3 N–H and O–H groups in total. The Morgan fingerprint density at radius 3 is 0.971 bits per heavy atom. The quantitative estimate of drug-likeness (QED) is 0.0321. The summed E-state index contributed by atoms with van der Waals surface area (Å²) < 4.78 is 5.50. The van der Waals surface area contributed by atoms with Crippen LogP contribution in [0, 0.1) is 0 Å². The largest absolute Gasteiger partial charge is 0.466 e. The van der Waals surface area contributed by atoms with Crippen LogP contribution in [0.25, 0.3) is 0 Å². The minimum absolute atomic E-state index is 0.0173. The van der Waals surface area contributed by atoms with Gasteiger partial charge in [0.2, 0.25) is 5.91 Å². The van der Waals surface area contributed by atoms with Crippen molar-refractivity contribution >= 4 is 11.9 Å². The summed E-state index contributed by atoms with van der Waals surface area (Å²) >= 11 is 0. The van der Waals surface area contributed by atoms with Crippen LogP contribution in [0.3, 0.4) is 0 Å². The summed E-state index contributed by atoms with van der Waals surface area (Å²) in [5, 5.41) is 23.1. The van der Waals surface area contributed by atoms with Crippen molar-refractivity contribution in [1.82, 2.24) is 5.32 Å². The molecule has 0 aromatic carbocycles. The van der Waals surface area contributed by atoms with Gasteiger partial charge in [-0.15, -0.1) is 0 Å². The lowest BCUT2D eigenvalue weighted by molar-refractivity contribution is -0.143. The van der Waals surface area contributed by atoms with Crippen LogP contribution in [-0.4, -0.2) is 47.4 Å². The number of aliphatic hydroxyl groups excluding tert-OH is 2. The first-order valence-corrected chi connectivity index (χ1v) is 32.0.